The van der Waals surface area contributed by atoms with E-state index in [1.54, 1.807) is 0 Å². The van der Waals surface area contributed by atoms with E-state index in [1.807, 2.05) is 0 Å². The van der Waals surface area contributed by atoms with E-state index in [9.17, 15) is 9.59 Å². The second kappa shape index (κ2) is 6.18. The Bertz CT molecular complexity index is 308. The molecule has 2 atom stereocenters. The fourth-order valence-electron chi connectivity index (χ4n) is 2.34. The van der Waals surface area contributed by atoms with Gasteiger partial charge in [0.1, 0.15) is 6.04 Å². The van der Waals surface area contributed by atoms with Gasteiger partial charge in [-0.15, -0.1) is 0 Å². The Labute approximate surface area is 107 Å². The minimum Gasteiger partial charge on any atom is -0.480 e. The number of carbonyl (C=O) groups excluding carboxylic acids is 1. The third-order valence-electron chi connectivity index (χ3n) is 3.62. The van der Waals surface area contributed by atoms with Crippen LogP contribution in [-0.2, 0) is 14.3 Å². The number of hydrogen-bond acceptors (Lipinski definition) is 3. The fraction of sp³-hybridized carbons (Fsp3) is 0.846. The first-order chi connectivity index (χ1) is 8.65. The maximum atomic E-state index is 11.7. The topological polar surface area (TPSA) is 75.6 Å². The van der Waals surface area contributed by atoms with Gasteiger partial charge in [0, 0.05) is 13.0 Å². The van der Waals surface area contributed by atoms with Crippen molar-refractivity contribution in [1.29, 1.82) is 0 Å². The second-order valence-corrected chi connectivity index (χ2v) is 5.31. The molecule has 0 aromatic carbocycles. The van der Waals surface area contributed by atoms with Crippen LogP contribution >= 0.6 is 0 Å². The monoisotopic (exact) mass is 255 g/mol. The van der Waals surface area contributed by atoms with Crippen LogP contribution in [0.5, 0.6) is 0 Å². The molecule has 5 heteroatoms. The predicted molar refractivity (Wildman–Crippen MR) is 65.1 cm³/mol. The van der Waals surface area contributed by atoms with Crippen LogP contribution < -0.4 is 5.32 Å². The van der Waals surface area contributed by atoms with E-state index in [0.717, 1.165) is 32.3 Å². The smallest absolute Gasteiger partial charge is 0.326 e. The van der Waals surface area contributed by atoms with Crippen LogP contribution in [0.3, 0.4) is 0 Å². The van der Waals surface area contributed by atoms with Crippen molar-refractivity contribution in [1.82, 2.24) is 5.32 Å². The van der Waals surface area contributed by atoms with E-state index in [-0.39, 0.29) is 12.0 Å². The van der Waals surface area contributed by atoms with Gasteiger partial charge in [0.25, 0.3) is 0 Å². The fourth-order valence-corrected chi connectivity index (χ4v) is 2.34. The first kappa shape index (κ1) is 13.3. The Balaban J connectivity index is 1.68. The van der Waals surface area contributed by atoms with Crippen molar-refractivity contribution in [3.05, 3.63) is 0 Å². The second-order valence-electron chi connectivity index (χ2n) is 5.31. The van der Waals surface area contributed by atoms with Crippen LogP contribution in [0.25, 0.3) is 0 Å². The molecule has 102 valence electrons. The first-order valence-corrected chi connectivity index (χ1v) is 6.79. The van der Waals surface area contributed by atoms with E-state index < -0.39 is 12.0 Å². The molecule has 5 nitrogen and oxygen atoms in total. The van der Waals surface area contributed by atoms with Crippen molar-refractivity contribution in [2.75, 3.05) is 6.61 Å². The molecule has 2 unspecified atom stereocenters. The Morgan fingerprint density at radius 2 is 2.11 bits per heavy atom. The molecule has 18 heavy (non-hydrogen) atoms. The SMILES string of the molecule is O=C(CCC1CCCO1)NC(CC1CC1)C(=O)O. The molecule has 1 heterocycles. The Morgan fingerprint density at radius 1 is 1.33 bits per heavy atom. The number of carboxylic acid groups (broad SMARTS) is 1. The van der Waals surface area contributed by atoms with Crippen molar-refractivity contribution >= 4 is 11.9 Å². The molecule has 1 aliphatic carbocycles. The molecule has 1 aliphatic heterocycles. The average Bonchev–Trinajstić information content (AvgIpc) is 2.99. The third-order valence-corrected chi connectivity index (χ3v) is 3.62. The van der Waals surface area contributed by atoms with Gasteiger partial charge in [-0.05, 0) is 31.6 Å². The van der Waals surface area contributed by atoms with Crippen LogP contribution in [0.15, 0.2) is 0 Å². The molecule has 2 rings (SSSR count). The van der Waals surface area contributed by atoms with Crippen molar-refractivity contribution < 1.29 is 19.4 Å². The van der Waals surface area contributed by atoms with Crippen molar-refractivity contribution in [2.24, 2.45) is 5.92 Å². The highest BCUT2D eigenvalue weighted by molar-refractivity contribution is 5.83. The summed E-state index contributed by atoms with van der Waals surface area (Å²) >= 11 is 0. The lowest BCUT2D eigenvalue weighted by Crippen LogP contribution is -2.41. The molecule has 0 aromatic rings. The predicted octanol–water partition coefficient (Wildman–Crippen LogP) is 1.32. The van der Waals surface area contributed by atoms with E-state index in [2.05, 4.69) is 5.32 Å². The standard InChI is InChI=1S/C13H21NO4/c15-12(6-5-10-2-1-7-18-10)14-11(13(16)17)8-9-3-4-9/h9-11H,1-8H2,(H,14,15)(H,16,17). The molecule has 1 saturated heterocycles. The van der Waals surface area contributed by atoms with E-state index in [0.29, 0.717) is 25.2 Å². The normalized spacial score (nSPS) is 24.8. The number of nitrogens with one attached hydrogen (secondary N) is 1. The van der Waals surface area contributed by atoms with Crippen LogP contribution in [0.4, 0.5) is 0 Å². The number of hydrogen-bond donors (Lipinski definition) is 2. The van der Waals surface area contributed by atoms with Crippen molar-refractivity contribution in [2.45, 2.75) is 57.1 Å². The van der Waals surface area contributed by atoms with Gasteiger partial charge < -0.3 is 15.2 Å². The maximum Gasteiger partial charge on any atom is 0.326 e. The summed E-state index contributed by atoms with van der Waals surface area (Å²) in [4.78, 5) is 22.7. The van der Waals surface area contributed by atoms with E-state index >= 15 is 0 Å². The van der Waals surface area contributed by atoms with Gasteiger partial charge in [0.15, 0.2) is 0 Å². The Kier molecular flexibility index (Phi) is 4.58. The molecule has 0 aromatic heterocycles. The Hall–Kier alpha value is -1.10. The molecule has 2 aliphatic rings. The zero-order chi connectivity index (χ0) is 13.0. The van der Waals surface area contributed by atoms with Gasteiger partial charge in [-0.25, -0.2) is 4.79 Å². The minimum absolute atomic E-state index is 0.168. The molecule has 1 saturated carbocycles. The molecular formula is C13H21NO4. The molecule has 0 radical (unpaired) electrons. The molecule has 2 fully saturated rings. The summed E-state index contributed by atoms with van der Waals surface area (Å²) in [6.45, 7) is 0.783. The first-order valence-electron chi connectivity index (χ1n) is 6.79. The molecule has 0 bridgehead atoms. The quantitative estimate of drug-likeness (QED) is 0.719. The summed E-state index contributed by atoms with van der Waals surface area (Å²) < 4.78 is 5.43. The van der Waals surface area contributed by atoms with Gasteiger partial charge in [-0.1, -0.05) is 12.8 Å². The molecule has 1 amide bonds. The van der Waals surface area contributed by atoms with Gasteiger partial charge >= 0.3 is 5.97 Å². The molecule has 0 spiro atoms. The largest absolute Gasteiger partial charge is 0.480 e. The van der Waals surface area contributed by atoms with Gasteiger partial charge in [0.05, 0.1) is 6.10 Å². The van der Waals surface area contributed by atoms with Crippen LogP contribution in [-0.4, -0.2) is 35.7 Å². The maximum absolute atomic E-state index is 11.7. The van der Waals surface area contributed by atoms with Gasteiger partial charge in [0.2, 0.25) is 5.91 Å². The van der Waals surface area contributed by atoms with E-state index in [1.165, 1.54) is 0 Å². The number of carbonyl (C=O) groups is 2. The summed E-state index contributed by atoms with van der Waals surface area (Å²) in [6.07, 6.45) is 6.07. The van der Waals surface area contributed by atoms with E-state index in [4.69, 9.17) is 9.84 Å². The lowest BCUT2D eigenvalue weighted by Gasteiger charge is -2.15. The number of ether oxygens (including phenoxy) is 1. The summed E-state index contributed by atoms with van der Waals surface area (Å²) in [5.74, 6) is -0.601. The Morgan fingerprint density at radius 3 is 2.67 bits per heavy atom. The number of carboxylic acids is 1. The third kappa shape index (κ3) is 4.29. The molecule has 2 N–H and O–H groups in total. The van der Waals surface area contributed by atoms with Crippen molar-refractivity contribution in [3.63, 3.8) is 0 Å². The van der Waals surface area contributed by atoms with Crippen LogP contribution in [0, 0.1) is 5.92 Å². The van der Waals surface area contributed by atoms with Crippen LogP contribution in [0.1, 0.15) is 44.9 Å². The lowest BCUT2D eigenvalue weighted by molar-refractivity contribution is -0.142. The highest BCUT2D eigenvalue weighted by Crippen LogP contribution is 2.33. The summed E-state index contributed by atoms with van der Waals surface area (Å²) in [7, 11) is 0. The van der Waals surface area contributed by atoms with Gasteiger partial charge in [-0.3, -0.25) is 4.79 Å². The highest BCUT2D eigenvalue weighted by atomic mass is 16.5. The zero-order valence-electron chi connectivity index (χ0n) is 10.6. The average molecular weight is 255 g/mol. The minimum atomic E-state index is -0.924. The summed E-state index contributed by atoms with van der Waals surface area (Å²) in [5.41, 5.74) is 0. The molecular weight excluding hydrogens is 234 g/mol. The summed E-state index contributed by atoms with van der Waals surface area (Å²) in [6, 6.07) is -0.713. The highest BCUT2D eigenvalue weighted by Gasteiger charge is 2.30. The number of rotatable bonds is 7. The lowest BCUT2D eigenvalue weighted by atomic mass is 10.1. The van der Waals surface area contributed by atoms with Gasteiger partial charge in [-0.2, -0.15) is 0 Å². The summed E-state index contributed by atoms with van der Waals surface area (Å²) in [5, 5.41) is 11.7. The zero-order valence-corrected chi connectivity index (χ0v) is 10.6. The van der Waals surface area contributed by atoms with Crippen LogP contribution in [0.2, 0.25) is 0 Å². The van der Waals surface area contributed by atoms with Crippen molar-refractivity contribution in [3.8, 4) is 0 Å². The number of amides is 1. The number of aliphatic carboxylic acids is 1.